The summed E-state index contributed by atoms with van der Waals surface area (Å²) in [6.45, 7) is 3.91. The zero-order valence-corrected chi connectivity index (χ0v) is 10.1. The number of nitrogen functional groups attached to an aromatic ring is 1. The third kappa shape index (κ3) is 2.09. The number of esters is 1. The molecule has 1 heterocycles. The van der Waals surface area contributed by atoms with Gasteiger partial charge in [-0.25, -0.2) is 9.48 Å². The topological polar surface area (TPSA) is 70.1 Å². The highest BCUT2D eigenvalue weighted by atomic mass is 32.2. The zero-order chi connectivity index (χ0) is 11.6. The summed E-state index contributed by atoms with van der Waals surface area (Å²) in [7, 11) is 1.33. The molecule has 0 aliphatic carbocycles. The Hall–Kier alpha value is -1.17. The average Bonchev–Trinajstić information content (AvgIpc) is 2.54. The second kappa shape index (κ2) is 4.57. The average molecular weight is 229 g/mol. The summed E-state index contributed by atoms with van der Waals surface area (Å²) >= 11 is 1.38. The smallest absolute Gasteiger partial charge is 0.344 e. The number of aromatic nitrogens is 2. The van der Waals surface area contributed by atoms with Gasteiger partial charge in [-0.3, -0.25) is 0 Å². The van der Waals surface area contributed by atoms with Crippen LogP contribution in [-0.4, -0.2) is 29.1 Å². The van der Waals surface area contributed by atoms with E-state index in [2.05, 4.69) is 9.84 Å². The fraction of sp³-hybridized carbons (Fsp3) is 0.556. The summed E-state index contributed by atoms with van der Waals surface area (Å²) in [5.41, 5.74) is 6.20. The molecule has 0 amide bonds. The third-order valence-electron chi connectivity index (χ3n) is 1.99. The van der Waals surface area contributed by atoms with Crippen LogP contribution in [0.1, 0.15) is 30.2 Å². The summed E-state index contributed by atoms with van der Waals surface area (Å²) in [5, 5.41) is 4.86. The van der Waals surface area contributed by atoms with Crippen molar-refractivity contribution in [3.63, 3.8) is 0 Å². The predicted octanol–water partition coefficient (Wildman–Crippen LogP) is 1.55. The van der Waals surface area contributed by atoms with Gasteiger partial charge in [0.1, 0.15) is 16.4 Å². The molecular weight excluding hydrogens is 214 g/mol. The first kappa shape index (κ1) is 11.9. The van der Waals surface area contributed by atoms with Gasteiger partial charge < -0.3 is 10.5 Å². The molecule has 0 bridgehead atoms. The Morgan fingerprint density at radius 3 is 2.60 bits per heavy atom. The van der Waals surface area contributed by atoms with Crippen LogP contribution in [0.5, 0.6) is 0 Å². The number of ether oxygens (including phenoxy) is 1. The van der Waals surface area contributed by atoms with Crippen LogP contribution in [0.3, 0.4) is 0 Å². The van der Waals surface area contributed by atoms with Crippen molar-refractivity contribution in [1.29, 1.82) is 0 Å². The summed E-state index contributed by atoms with van der Waals surface area (Å²) in [6, 6.07) is 0.120. The summed E-state index contributed by atoms with van der Waals surface area (Å²) in [6.07, 6.45) is 1.85. The largest absolute Gasteiger partial charge is 0.465 e. The number of thioether (sulfide) groups is 1. The van der Waals surface area contributed by atoms with E-state index in [1.165, 1.54) is 18.9 Å². The molecule has 1 aromatic heterocycles. The molecule has 0 spiro atoms. The highest BCUT2D eigenvalue weighted by molar-refractivity contribution is 7.98. The van der Waals surface area contributed by atoms with Crippen molar-refractivity contribution in [2.75, 3.05) is 19.1 Å². The van der Waals surface area contributed by atoms with Gasteiger partial charge in [-0.2, -0.15) is 5.10 Å². The van der Waals surface area contributed by atoms with Crippen molar-refractivity contribution in [1.82, 2.24) is 9.78 Å². The lowest BCUT2D eigenvalue weighted by Crippen LogP contribution is -2.10. The van der Waals surface area contributed by atoms with Crippen LogP contribution in [0, 0.1) is 0 Å². The van der Waals surface area contributed by atoms with Crippen LogP contribution >= 0.6 is 11.8 Å². The minimum Gasteiger partial charge on any atom is -0.465 e. The van der Waals surface area contributed by atoms with E-state index in [-0.39, 0.29) is 6.04 Å². The summed E-state index contributed by atoms with van der Waals surface area (Å²) < 4.78 is 6.29. The first-order valence-electron chi connectivity index (χ1n) is 4.53. The van der Waals surface area contributed by atoms with Crippen LogP contribution in [0.2, 0.25) is 0 Å². The quantitative estimate of drug-likeness (QED) is 0.629. The van der Waals surface area contributed by atoms with Gasteiger partial charge in [0.15, 0.2) is 0 Å². The van der Waals surface area contributed by atoms with E-state index in [1.54, 1.807) is 4.68 Å². The highest BCUT2D eigenvalue weighted by Gasteiger charge is 2.23. The molecule has 1 aromatic rings. The lowest BCUT2D eigenvalue weighted by molar-refractivity contribution is 0.0598. The van der Waals surface area contributed by atoms with Crippen LogP contribution in [-0.2, 0) is 4.74 Å². The summed E-state index contributed by atoms with van der Waals surface area (Å²) in [4.78, 5) is 11.5. The molecule has 1 rings (SSSR count). The van der Waals surface area contributed by atoms with E-state index in [0.29, 0.717) is 16.4 Å². The molecular formula is C9H15N3O2S. The van der Waals surface area contributed by atoms with Crippen molar-refractivity contribution >= 4 is 23.5 Å². The predicted molar refractivity (Wildman–Crippen MR) is 60.1 cm³/mol. The third-order valence-corrected chi connectivity index (χ3v) is 2.66. The maximum atomic E-state index is 11.5. The molecule has 0 saturated heterocycles. The molecule has 0 saturated carbocycles. The van der Waals surface area contributed by atoms with Gasteiger partial charge in [0.05, 0.1) is 7.11 Å². The van der Waals surface area contributed by atoms with Gasteiger partial charge in [0, 0.05) is 6.04 Å². The number of nitrogens with zero attached hydrogens (tertiary/aromatic N) is 2. The van der Waals surface area contributed by atoms with E-state index in [4.69, 9.17) is 5.73 Å². The molecule has 0 aliphatic rings. The van der Waals surface area contributed by atoms with Gasteiger partial charge in [-0.05, 0) is 20.1 Å². The number of hydrogen-bond donors (Lipinski definition) is 1. The lowest BCUT2D eigenvalue weighted by atomic mass is 10.3. The fourth-order valence-corrected chi connectivity index (χ4v) is 1.82. The molecule has 15 heavy (non-hydrogen) atoms. The van der Waals surface area contributed by atoms with Crippen molar-refractivity contribution in [2.24, 2.45) is 0 Å². The number of carbonyl (C=O) groups excluding carboxylic acids is 1. The van der Waals surface area contributed by atoms with E-state index in [1.807, 2.05) is 20.1 Å². The molecule has 0 radical (unpaired) electrons. The highest BCUT2D eigenvalue weighted by Crippen LogP contribution is 2.27. The van der Waals surface area contributed by atoms with Crippen molar-refractivity contribution in [3.8, 4) is 0 Å². The van der Waals surface area contributed by atoms with Crippen molar-refractivity contribution < 1.29 is 9.53 Å². The Kier molecular flexibility index (Phi) is 3.62. The van der Waals surface area contributed by atoms with Gasteiger partial charge in [-0.1, -0.05) is 0 Å². The first-order valence-corrected chi connectivity index (χ1v) is 5.75. The fourth-order valence-electron chi connectivity index (χ4n) is 1.26. The molecule has 5 nitrogen and oxygen atoms in total. The Morgan fingerprint density at radius 1 is 1.60 bits per heavy atom. The van der Waals surface area contributed by atoms with Crippen LogP contribution in [0.15, 0.2) is 5.03 Å². The Balaban J connectivity index is 3.29. The molecule has 0 atom stereocenters. The van der Waals surface area contributed by atoms with Crippen LogP contribution in [0.4, 0.5) is 5.82 Å². The molecule has 0 unspecified atom stereocenters. The van der Waals surface area contributed by atoms with E-state index < -0.39 is 5.97 Å². The molecule has 0 aromatic carbocycles. The van der Waals surface area contributed by atoms with E-state index >= 15 is 0 Å². The van der Waals surface area contributed by atoms with Crippen molar-refractivity contribution in [3.05, 3.63) is 5.56 Å². The second-order valence-corrected chi connectivity index (χ2v) is 4.09. The summed E-state index contributed by atoms with van der Waals surface area (Å²) in [5.74, 6) is -0.0787. The number of nitrogens with two attached hydrogens (primary N) is 1. The Bertz CT molecular complexity index is 374. The van der Waals surface area contributed by atoms with Gasteiger partial charge in [-0.15, -0.1) is 11.8 Å². The molecule has 0 aliphatic heterocycles. The van der Waals surface area contributed by atoms with Crippen molar-refractivity contribution in [2.45, 2.75) is 24.9 Å². The van der Waals surface area contributed by atoms with Crippen LogP contribution < -0.4 is 5.73 Å². The molecule has 2 N–H and O–H groups in total. The number of methoxy groups -OCH3 is 1. The minimum atomic E-state index is -0.441. The van der Waals surface area contributed by atoms with Gasteiger partial charge >= 0.3 is 5.97 Å². The SMILES string of the molecule is COC(=O)c1c(SC)nn(C(C)C)c1N. The lowest BCUT2D eigenvalue weighted by Gasteiger charge is -2.07. The standard InChI is InChI=1S/C9H15N3O2S/c1-5(2)12-7(10)6(9(13)14-3)8(11-12)15-4/h5H,10H2,1-4H3. The monoisotopic (exact) mass is 229 g/mol. The first-order chi connectivity index (χ1) is 7.02. The maximum Gasteiger partial charge on any atom is 0.344 e. The molecule has 0 fully saturated rings. The minimum absolute atomic E-state index is 0.120. The number of rotatable bonds is 3. The van der Waals surface area contributed by atoms with Crippen LogP contribution in [0.25, 0.3) is 0 Å². The molecule has 84 valence electrons. The van der Waals surface area contributed by atoms with Gasteiger partial charge in [0.25, 0.3) is 0 Å². The number of carbonyl (C=O) groups is 1. The Labute approximate surface area is 93.0 Å². The Morgan fingerprint density at radius 2 is 2.20 bits per heavy atom. The van der Waals surface area contributed by atoms with Gasteiger partial charge in [0.2, 0.25) is 0 Å². The van der Waals surface area contributed by atoms with E-state index in [0.717, 1.165) is 0 Å². The number of anilines is 1. The normalized spacial score (nSPS) is 10.7. The molecule has 6 heteroatoms. The maximum absolute atomic E-state index is 11.5. The zero-order valence-electron chi connectivity index (χ0n) is 9.27. The number of hydrogen-bond acceptors (Lipinski definition) is 5. The van der Waals surface area contributed by atoms with E-state index in [9.17, 15) is 4.79 Å². The second-order valence-electron chi connectivity index (χ2n) is 3.30.